The number of benzene rings is 1. The summed E-state index contributed by atoms with van der Waals surface area (Å²) in [5.74, 6) is 0.934. The maximum Gasteiger partial charge on any atom is 0.272 e. The number of likely N-dealkylation sites (tertiary alicyclic amines) is 1. The van der Waals surface area contributed by atoms with Crippen LogP contribution in [-0.2, 0) is 6.54 Å². The zero-order valence-corrected chi connectivity index (χ0v) is 12.4. The quantitative estimate of drug-likeness (QED) is 0.686. The molecule has 7 heteroatoms. The molecule has 0 amide bonds. The van der Waals surface area contributed by atoms with E-state index in [0.29, 0.717) is 18.0 Å². The smallest absolute Gasteiger partial charge is 0.272 e. The van der Waals surface area contributed by atoms with Gasteiger partial charge in [-0.05, 0) is 44.0 Å². The van der Waals surface area contributed by atoms with Crippen LogP contribution in [0.25, 0.3) is 0 Å². The number of nitro benzene ring substituents is 1. The third-order valence-corrected chi connectivity index (χ3v) is 4.43. The van der Waals surface area contributed by atoms with Crippen molar-refractivity contribution in [1.29, 1.82) is 0 Å². The van der Waals surface area contributed by atoms with Crippen molar-refractivity contribution in [3.63, 3.8) is 0 Å². The summed E-state index contributed by atoms with van der Waals surface area (Å²) in [4.78, 5) is 12.3. The molecule has 2 aliphatic heterocycles. The predicted octanol–water partition coefficient (Wildman–Crippen LogP) is 2.20. The van der Waals surface area contributed by atoms with Crippen LogP contribution in [0.15, 0.2) is 18.2 Å². The van der Waals surface area contributed by atoms with E-state index >= 15 is 0 Å². The molecule has 1 aromatic rings. The first-order valence-electron chi connectivity index (χ1n) is 6.99. The summed E-state index contributed by atoms with van der Waals surface area (Å²) in [6.45, 7) is 4.63. The Morgan fingerprint density at radius 3 is 2.86 bits per heavy atom. The van der Waals surface area contributed by atoms with E-state index in [2.05, 4.69) is 10.2 Å². The van der Waals surface area contributed by atoms with Crippen molar-refractivity contribution in [3.8, 4) is 0 Å². The van der Waals surface area contributed by atoms with Crippen molar-refractivity contribution in [2.24, 2.45) is 11.8 Å². The molecule has 21 heavy (non-hydrogen) atoms. The lowest BCUT2D eigenvalue weighted by Crippen LogP contribution is -2.39. The summed E-state index contributed by atoms with van der Waals surface area (Å²) < 4.78 is 13.9. The summed E-state index contributed by atoms with van der Waals surface area (Å²) >= 11 is 0. The highest BCUT2D eigenvalue weighted by Gasteiger charge is 2.32. The predicted molar refractivity (Wildman–Crippen MR) is 80.0 cm³/mol. The number of nitrogens with one attached hydrogen (secondary N) is 1. The van der Waals surface area contributed by atoms with Gasteiger partial charge in [0.05, 0.1) is 11.0 Å². The number of piperidine rings is 1. The van der Waals surface area contributed by atoms with Gasteiger partial charge in [-0.25, -0.2) is 4.39 Å². The Labute approximate surface area is 129 Å². The minimum atomic E-state index is -0.567. The first-order chi connectivity index (χ1) is 9.63. The Balaban J connectivity index is 0.00000161. The molecule has 0 radical (unpaired) electrons. The first kappa shape index (κ1) is 16.1. The van der Waals surface area contributed by atoms with Crippen LogP contribution >= 0.6 is 12.4 Å². The topological polar surface area (TPSA) is 58.4 Å². The molecule has 0 aromatic heterocycles. The highest BCUT2D eigenvalue weighted by atomic mass is 35.5. The molecule has 1 N–H and O–H groups in total. The van der Waals surface area contributed by atoms with Gasteiger partial charge in [0.15, 0.2) is 0 Å². The number of nitrogens with zero attached hydrogens (tertiary/aromatic N) is 2. The summed E-state index contributed by atoms with van der Waals surface area (Å²) in [5, 5.41) is 14.0. The fourth-order valence-electron chi connectivity index (χ4n) is 3.27. The molecule has 0 aliphatic carbocycles. The number of nitro groups is 1. The molecule has 116 valence electrons. The number of non-ortho nitro benzene ring substituents is 1. The van der Waals surface area contributed by atoms with Crippen LogP contribution in [0, 0.1) is 27.8 Å². The van der Waals surface area contributed by atoms with Crippen LogP contribution in [0.5, 0.6) is 0 Å². The third kappa shape index (κ3) is 3.51. The highest BCUT2D eigenvalue weighted by molar-refractivity contribution is 5.85. The molecule has 5 nitrogen and oxygen atoms in total. The van der Waals surface area contributed by atoms with Crippen molar-refractivity contribution in [1.82, 2.24) is 10.2 Å². The van der Waals surface area contributed by atoms with E-state index in [-0.39, 0.29) is 18.1 Å². The summed E-state index contributed by atoms with van der Waals surface area (Å²) in [5.41, 5.74) is 0.352. The molecule has 2 fully saturated rings. The second-order valence-corrected chi connectivity index (χ2v) is 5.74. The highest BCUT2D eigenvalue weighted by Crippen LogP contribution is 2.28. The van der Waals surface area contributed by atoms with Gasteiger partial charge in [-0.1, -0.05) is 0 Å². The van der Waals surface area contributed by atoms with Crippen LogP contribution in [0.4, 0.5) is 10.1 Å². The van der Waals surface area contributed by atoms with Crippen molar-refractivity contribution in [3.05, 3.63) is 39.7 Å². The molecular weight excluding hydrogens is 297 g/mol. The van der Waals surface area contributed by atoms with Gasteiger partial charge >= 0.3 is 0 Å². The van der Waals surface area contributed by atoms with E-state index in [0.717, 1.165) is 44.6 Å². The fourth-order valence-corrected chi connectivity index (χ4v) is 3.27. The minimum absolute atomic E-state index is 0. The molecule has 2 unspecified atom stereocenters. The Bertz CT molecular complexity index is 529. The normalized spacial score (nSPS) is 25.2. The van der Waals surface area contributed by atoms with Crippen LogP contribution in [0.3, 0.4) is 0 Å². The second-order valence-electron chi connectivity index (χ2n) is 5.74. The monoisotopic (exact) mass is 315 g/mol. The van der Waals surface area contributed by atoms with Gasteiger partial charge in [-0.15, -0.1) is 12.4 Å². The van der Waals surface area contributed by atoms with Crippen molar-refractivity contribution < 1.29 is 9.31 Å². The van der Waals surface area contributed by atoms with Crippen molar-refractivity contribution >= 4 is 18.1 Å². The summed E-state index contributed by atoms with van der Waals surface area (Å²) in [6, 6.07) is 3.92. The molecule has 1 aromatic carbocycles. The molecule has 0 saturated carbocycles. The lowest BCUT2D eigenvalue weighted by Gasteiger charge is -2.34. The van der Waals surface area contributed by atoms with Gasteiger partial charge in [0.25, 0.3) is 5.69 Å². The Hall–Kier alpha value is -1.24. The molecular formula is C14H19ClFN3O2. The maximum absolute atomic E-state index is 13.9. The third-order valence-electron chi connectivity index (χ3n) is 4.43. The van der Waals surface area contributed by atoms with Gasteiger partial charge in [0, 0.05) is 24.7 Å². The van der Waals surface area contributed by atoms with E-state index in [9.17, 15) is 14.5 Å². The molecule has 2 heterocycles. The van der Waals surface area contributed by atoms with E-state index in [4.69, 9.17) is 0 Å². The second kappa shape index (κ2) is 6.68. The van der Waals surface area contributed by atoms with Crippen LogP contribution < -0.4 is 5.32 Å². The van der Waals surface area contributed by atoms with E-state index in [1.165, 1.54) is 12.1 Å². The van der Waals surface area contributed by atoms with Gasteiger partial charge in [0.1, 0.15) is 5.82 Å². The summed E-state index contributed by atoms with van der Waals surface area (Å²) in [7, 11) is 0. The molecule has 3 rings (SSSR count). The van der Waals surface area contributed by atoms with Gasteiger partial charge in [-0.2, -0.15) is 0 Å². The Morgan fingerprint density at radius 1 is 1.38 bits per heavy atom. The number of rotatable bonds is 3. The van der Waals surface area contributed by atoms with Gasteiger partial charge in [-0.3, -0.25) is 15.0 Å². The van der Waals surface area contributed by atoms with E-state index in [1.807, 2.05) is 0 Å². The SMILES string of the molecule is Cl.O=[N+]([O-])c1ccc(CN2CCC3CNCC3C2)c(F)c1. The molecule has 0 bridgehead atoms. The number of fused-ring (bicyclic) bond motifs is 1. The Morgan fingerprint density at radius 2 is 2.14 bits per heavy atom. The summed E-state index contributed by atoms with van der Waals surface area (Å²) in [6.07, 6.45) is 1.15. The molecule has 0 spiro atoms. The minimum Gasteiger partial charge on any atom is -0.316 e. The van der Waals surface area contributed by atoms with Gasteiger partial charge < -0.3 is 5.32 Å². The standard InChI is InChI=1S/C14H18FN3O2.ClH/c15-14-5-13(18(19)20)2-1-11(14)8-17-4-3-10-6-16-7-12(10)9-17;/h1-2,5,10,12,16H,3-4,6-9H2;1H. The van der Waals surface area contributed by atoms with Crippen LogP contribution in [-0.4, -0.2) is 36.0 Å². The van der Waals surface area contributed by atoms with E-state index < -0.39 is 10.7 Å². The lowest BCUT2D eigenvalue weighted by atomic mass is 9.88. The fraction of sp³-hybridized carbons (Fsp3) is 0.571. The largest absolute Gasteiger partial charge is 0.316 e. The molecule has 2 aliphatic rings. The zero-order chi connectivity index (χ0) is 14.1. The first-order valence-corrected chi connectivity index (χ1v) is 6.99. The maximum atomic E-state index is 13.9. The van der Waals surface area contributed by atoms with E-state index in [1.54, 1.807) is 0 Å². The molecule has 2 atom stereocenters. The van der Waals surface area contributed by atoms with Gasteiger partial charge in [0.2, 0.25) is 0 Å². The average Bonchev–Trinajstić information content (AvgIpc) is 2.88. The number of hydrogen-bond acceptors (Lipinski definition) is 4. The van der Waals surface area contributed by atoms with Crippen LogP contribution in [0.2, 0.25) is 0 Å². The number of hydrogen-bond donors (Lipinski definition) is 1. The lowest BCUT2D eigenvalue weighted by molar-refractivity contribution is -0.385. The van der Waals surface area contributed by atoms with Crippen molar-refractivity contribution in [2.75, 3.05) is 26.2 Å². The average molecular weight is 316 g/mol. The Kier molecular flexibility index (Phi) is 5.13. The zero-order valence-electron chi connectivity index (χ0n) is 11.6. The van der Waals surface area contributed by atoms with Crippen LogP contribution in [0.1, 0.15) is 12.0 Å². The number of halogens is 2. The van der Waals surface area contributed by atoms with Crippen molar-refractivity contribution in [2.45, 2.75) is 13.0 Å². The molecule has 2 saturated heterocycles.